The SMILES string of the molecule is C[C@@H](Nc1ccnc(-c2c[nH]c3ncc(F)cc23)n1)C(=O)NCC(F)(F)F.C[C@@H](Nc1ccnc(-c2c[nH]c3ncc(F)cc23)n1)C(=O)NCC(F)F.O=C(NCC(F)(F)F)C1(Nc2ccnc(-c3c[nH]c4ncc(F)cc34)n2)CCC1.O=C(NCC(F)F)C1(Nc2ccnc(-c3c[nH]c4ncc(F)cc34)n2)CCC1.[HH].[HH].[HH].[HH].[HH].[HH].[HH].[HH].[HH].[HH]. The van der Waals surface area contributed by atoms with Gasteiger partial charge in [0.15, 0.2) is 23.3 Å². The van der Waals surface area contributed by atoms with Crippen molar-refractivity contribution in [2.75, 3.05) is 47.4 Å². The number of anilines is 4. The number of aromatic amines is 4. The van der Waals surface area contributed by atoms with Crippen molar-refractivity contribution in [3.8, 4) is 45.6 Å². The van der Waals surface area contributed by atoms with Crippen molar-refractivity contribution >= 4 is 91.0 Å². The molecule has 2 aliphatic rings. The lowest BCUT2D eigenvalue weighted by molar-refractivity contribution is -0.142. The summed E-state index contributed by atoms with van der Waals surface area (Å²) < 4.78 is 177. The Morgan fingerprint density at radius 3 is 1.03 bits per heavy atom. The van der Waals surface area contributed by atoms with Gasteiger partial charge < -0.3 is 62.5 Å². The van der Waals surface area contributed by atoms with Crippen molar-refractivity contribution in [3.05, 3.63) is 146 Å². The van der Waals surface area contributed by atoms with Gasteiger partial charge >= 0.3 is 12.4 Å². The molecule has 12 aromatic rings. The third-order valence-corrected chi connectivity index (χ3v) is 16.9. The van der Waals surface area contributed by atoms with Gasteiger partial charge in [-0.15, -0.1) is 0 Å². The number of H-pyrrole nitrogens is 4. The summed E-state index contributed by atoms with van der Waals surface area (Å²) in [6.45, 7) is -1.29. The molecule has 0 radical (unpaired) electrons. The highest BCUT2D eigenvalue weighted by molar-refractivity contribution is 5.96. The number of rotatable bonds is 22. The van der Waals surface area contributed by atoms with Crippen LogP contribution in [0.3, 0.4) is 0 Å². The lowest BCUT2D eigenvalue weighted by Crippen LogP contribution is -2.58. The number of halogens is 14. The number of aromatic nitrogens is 16. The smallest absolute Gasteiger partial charge is 0.359 e. The monoisotopic (exact) mass is 1560 g/mol. The quantitative estimate of drug-likeness (QED) is 0.0280. The first-order chi connectivity index (χ1) is 52.4. The summed E-state index contributed by atoms with van der Waals surface area (Å²) in [6, 6.07) is 9.61. The van der Waals surface area contributed by atoms with Crippen molar-refractivity contribution in [3.63, 3.8) is 0 Å². The van der Waals surface area contributed by atoms with E-state index >= 15 is 0 Å². The van der Waals surface area contributed by atoms with E-state index in [1.54, 1.807) is 36.2 Å². The van der Waals surface area contributed by atoms with Crippen LogP contribution >= 0.6 is 0 Å². The van der Waals surface area contributed by atoms with Crippen molar-refractivity contribution in [1.82, 2.24) is 101 Å². The second kappa shape index (κ2) is 33.5. The van der Waals surface area contributed by atoms with E-state index in [2.05, 4.69) is 112 Å². The molecule has 0 bridgehead atoms. The van der Waals surface area contributed by atoms with Crippen LogP contribution in [0.15, 0.2) is 123 Å². The molecule has 0 unspecified atom stereocenters. The van der Waals surface area contributed by atoms with Gasteiger partial charge in [0, 0.05) is 108 Å². The van der Waals surface area contributed by atoms with Gasteiger partial charge in [0.05, 0.1) is 37.9 Å². The Bertz CT molecular complexity index is 5310. The maximum absolute atomic E-state index is 13.6. The van der Waals surface area contributed by atoms with Crippen LogP contribution in [-0.2, 0) is 19.2 Å². The van der Waals surface area contributed by atoms with Crippen LogP contribution in [0.1, 0.15) is 66.6 Å². The fourth-order valence-corrected chi connectivity index (χ4v) is 11.2. The van der Waals surface area contributed by atoms with Gasteiger partial charge in [-0.2, -0.15) is 26.3 Å². The van der Waals surface area contributed by atoms with Crippen molar-refractivity contribution < 1.29 is 94.9 Å². The average molecular weight is 1570 g/mol. The van der Waals surface area contributed by atoms with Crippen LogP contribution < -0.4 is 42.5 Å². The first-order valence-corrected chi connectivity index (χ1v) is 33.1. The molecule has 14 rings (SSSR count). The van der Waals surface area contributed by atoms with E-state index in [9.17, 15) is 80.6 Å². The molecule has 2 atom stereocenters. The molecule has 2 aliphatic carbocycles. The van der Waals surface area contributed by atoms with Crippen LogP contribution in [0.25, 0.3) is 89.7 Å². The highest BCUT2D eigenvalue weighted by Crippen LogP contribution is 2.38. The summed E-state index contributed by atoms with van der Waals surface area (Å²) in [4.78, 5) is 110. The summed E-state index contributed by atoms with van der Waals surface area (Å²) in [5.74, 6) is -2.25. The van der Waals surface area contributed by atoms with Crippen LogP contribution in [0, 0.1) is 23.3 Å². The Kier molecular flexibility index (Phi) is 23.9. The van der Waals surface area contributed by atoms with Crippen LogP contribution in [0.2, 0.25) is 0 Å². The molecule has 28 nitrogen and oxygen atoms in total. The zero-order valence-corrected chi connectivity index (χ0v) is 57.2. The third-order valence-electron chi connectivity index (χ3n) is 16.9. The molecule has 2 fully saturated rings. The summed E-state index contributed by atoms with van der Waals surface area (Å²) in [5.41, 5.74) is 1.91. The molecule has 0 aromatic carbocycles. The molecule has 596 valence electrons. The first kappa shape index (κ1) is 78.3. The number of pyridine rings is 4. The third kappa shape index (κ3) is 19.7. The molecule has 0 aliphatic heterocycles. The molecule has 12 aromatic heterocycles. The Balaban J connectivity index is 0.000000779. The second-order valence-corrected chi connectivity index (χ2v) is 24.8. The predicted octanol–water partition coefficient (Wildman–Crippen LogP) is 13.5. The molecule has 4 amide bonds. The Labute approximate surface area is 625 Å². The number of carbonyl (C=O) groups excluding carboxylic acids is 4. The van der Waals surface area contributed by atoms with Crippen molar-refractivity contribution in [1.29, 1.82) is 0 Å². The first-order valence-electron chi connectivity index (χ1n) is 33.1. The van der Waals surface area contributed by atoms with Gasteiger partial charge in [0.1, 0.15) is 105 Å². The number of amides is 4. The van der Waals surface area contributed by atoms with Gasteiger partial charge in [-0.1, -0.05) is 0 Å². The van der Waals surface area contributed by atoms with Gasteiger partial charge in [-0.05, 0) is 101 Å². The molecule has 42 heteroatoms. The number of carbonyl (C=O) groups is 4. The van der Waals surface area contributed by atoms with Crippen LogP contribution in [0.5, 0.6) is 0 Å². The van der Waals surface area contributed by atoms with E-state index in [0.29, 0.717) is 122 Å². The predicted molar refractivity (Wildman–Crippen MR) is 392 cm³/mol. The molecular formula is C68H82F14N24O4. The zero-order valence-electron chi connectivity index (χ0n) is 57.2. The standard InChI is InChI=1S/C18H16F4N6O.C18H17F3N6O.C16H14F4N6O.C16H15F3N6O.10H2/c19-10-6-11-12(8-25-14(11)24-7-10)15-23-5-2-13(27-15)28-17(3-1-4-17)16(29)26-9-18(20,21)22;19-10-6-11-12(8-24-15(11)23-7-10)16-22-5-2-14(26-16)27-18(3-1-4-18)17(28)25-9-13(20)21;1-8(15(27)24-7-16(18,19)20)25-12-2-3-21-14(26-12)11-6-23-13-10(11)4-9(17)5-22-13;1-8(16(26)23-7-12(18)19)24-13-2-3-20-15(25-13)11-6-22-14-10(11)4-9(17)5-21-14;;;;;;;;;;/h2,5-8H,1,3-4,9H2,(H,24,25)(H,26,29)(H,23,27,28);2,5-8,13H,1,3-4,9H2,(H,23,24)(H,25,28)(H,22,26,27);2-6,8H,7H2,1H3,(H,22,23)(H,24,27)(H,21,25,26);2-6,8,12H,7H2,1H3,(H,21,22)(H,23,26)(H,20,24,25);10*1H/t;;2*8-;;;;;;;;;;/m..11........../s1. The minimum atomic E-state index is -4.49. The van der Waals surface area contributed by atoms with E-state index in [1.165, 1.54) is 81.1 Å². The Morgan fingerprint density at radius 2 is 0.718 bits per heavy atom. The zero-order chi connectivity index (χ0) is 78.7. The van der Waals surface area contributed by atoms with Gasteiger partial charge in [-0.25, -0.2) is 94.9 Å². The highest BCUT2D eigenvalue weighted by atomic mass is 19.4. The maximum Gasteiger partial charge on any atom is 0.405 e. The number of hydrogen-bond donors (Lipinski definition) is 12. The van der Waals surface area contributed by atoms with E-state index in [0.717, 1.165) is 31.2 Å². The molecule has 2 saturated carbocycles. The molecule has 0 spiro atoms. The van der Waals surface area contributed by atoms with Crippen molar-refractivity contribution in [2.24, 2.45) is 0 Å². The van der Waals surface area contributed by atoms with E-state index in [-0.39, 0.29) is 37.6 Å². The largest absolute Gasteiger partial charge is 0.405 e. The average Bonchev–Trinajstić information content (AvgIpc) is 1.76. The number of nitrogens with one attached hydrogen (secondary N) is 12. The number of alkyl halides is 10. The maximum atomic E-state index is 13.6. The minimum Gasteiger partial charge on any atom is -0.359 e. The molecule has 110 heavy (non-hydrogen) atoms. The van der Waals surface area contributed by atoms with E-state index < -0.39 is 121 Å². The number of fused-ring (bicyclic) bond motifs is 4. The Morgan fingerprint density at radius 1 is 0.427 bits per heavy atom. The molecular weight excluding hydrogens is 1480 g/mol. The second-order valence-electron chi connectivity index (χ2n) is 24.8. The fourth-order valence-electron chi connectivity index (χ4n) is 11.2. The van der Waals surface area contributed by atoms with Gasteiger partial charge in [0.2, 0.25) is 23.6 Å². The lowest BCUT2D eigenvalue weighted by atomic mass is 9.76. The normalized spacial score (nSPS) is 14.1. The Hall–Kier alpha value is -12.8. The van der Waals surface area contributed by atoms with Crippen LogP contribution in [0.4, 0.5) is 84.7 Å². The summed E-state index contributed by atoms with van der Waals surface area (Å²) in [5, 5.41) is 21.7. The molecule has 12 N–H and O–H groups in total. The van der Waals surface area contributed by atoms with E-state index in [4.69, 9.17) is 0 Å². The minimum absolute atomic E-state index is 0. The highest BCUT2D eigenvalue weighted by Gasteiger charge is 2.46. The summed E-state index contributed by atoms with van der Waals surface area (Å²) in [7, 11) is 0. The van der Waals surface area contributed by atoms with Crippen molar-refractivity contribution in [2.45, 2.75) is 101 Å². The number of nitrogens with zero attached hydrogens (tertiary/aromatic N) is 12. The lowest BCUT2D eigenvalue weighted by Gasteiger charge is -2.41. The van der Waals surface area contributed by atoms with Gasteiger partial charge in [0.25, 0.3) is 12.9 Å². The summed E-state index contributed by atoms with van der Waals surface area (Å²) in [6.07, 6.45) is 5.73. The van der Waals surface area contributed by atoms with E-state index in [1.807, 2.05) is 5.32 Å². The number of hydrogen-bond acceptors (Lipinski definition) is 20. The van der Waals surface area contributed by atoms with Gasteiger partial charge in [-0.3, -0.25) is 19.2 Å². The van der Waals surface area contributed by atoms with Crippen LogP contribution in [-0.4, -0.2) is 178 Å². The topological polar surface area (TPSA) is 382 Å². The summed E-state index contributed by atoms with van der Waals surface area (Å²) >= 11 is 0. The fraction of sp³-hybridized carbons (Fsp3) is 0.294. The molecule has 12 heterocycles. The molecule has 0 saturated heterocycles.